The number of guanidine groups is 1. The first-order valence-electron chi connectivity index (χ1n) is 6.04. The van der Waals surface area contributed by atoms with Gasteiger partial charge >= 0.3 is 0 Å². The predicted molar refractivity (Wildman–Crippen MR) is 76.0 cm³/mol. The van der Waals surface area contributed by atoms with Crippen molar-refractivity contribution in [1.29, 1.82) is 5.41 Å². The Morgan fingerprint density at radius 1 is 1.29 bits per heavy atom. The SMILES string of the molecule is N=C(N)NC(=O)c1cn(-c2ccncn2)c2ncccc12. The second-order valence-corrected chi connectivity index (χ2v) is 4.22. The van der Waals surface area contributed by atoms with E-state index in [0.717, 1.165) is 0 Å². The summed E-state index contributed by atoms with van der Waals surface area (Å²) in [7, 11) is 0. The summed E-state index contributed by atoms with van der Waals surface area (Å²) in [4.78, 5) is 24.4. The first-order valence-corrected chi connectivity index (χ1v) is 6.04. The zero-order valence-electron chi connectivity index (χ0n) is 10.8. The van der Waals surface area contributed by atoms with Gasteiger partial charge in [0, 0.05) is 24.0 Å². The molecule has 0 atom stereocenters. The number of aromatic nitrogens is 4. The Balaban J connectivity index is 2.19. The van der Waals surface area contributed by atoms with Crippen molar-refractivity contribution >= 4 is 22.9 Å². The lowest BCUT2D eigenvalue weighted by atomic mass is 10.2. The van der Waals surface area contributed by atoms with Crippen molar-refractivity contribution in [3.05, 3.63) is 48.7 Å². The van der Waals surface area contributed by atoms with Gasteiger partial charge in [-0.3, -0.25) is 20.1 Å². The highest BCUT2D eigenvalue weighted by Crippen LogP contribution is 2.21. The number of amides is 1. The zero-order chi connectivity index (χ0) is 14.8. The standard InChI is InChI=1S/C13H11N7O/c14-13(15)19-12(21)9-6-20(10-3-5-16-7-18-10)11-8(9)2-1-4-17-11/h1-7H,(H4,14,15,19,21). The molecule has 0 spiro atoms. The van der Waals surface area contributed by atoms with Gasteiger partial charge in [-0.2, -0.15) is 0 Å². The summed E-state index contributed by atoms with van der Waals surface area (Å²) < 4.78 is 1.69. The van der Waals surface area contributed by atoms with Gasteiger partial charge in [-0.25, -0.2) is 15.0 Å². The Morgan fingerprint density at radius 3 is 2.86 bits per heavy atom. The van der Waals surface area contributed by atoms with Gasteiger partial charge in [0.2, 0.25) is 0 Å². The minimum absolute atomic E-state index is 0.368. The topological polar surface area (TPSA) is 123 Å². The Kier molecular flexibility index (Phi) is 3.03. The van der Waals surface area contributed by atoms with Crippen molar-refractivity contribution in [3.8, 4) is 5.82 Å². The van der Waals surface area contributed by atoms with Crippen LogP contribution in [0.5, 0.6) is 0 Å². The minimum Gasteiger partial charge on any atom is -0.370 e. The molecule has 0 radical (unpaired) electrons. The lowest BCUT2D eigenvalue weighted by Gasteiger charge is -2.01. The molecule has 0 saturated carbocycles. The molecule has 3 heterocycles. The van der Waals surface area contributed by atoms with Gasteiger partial charge in [-0.15, -0.1) is 0 Å². The molecule has 0 aliphatic heterocycles. The van der Waals surface area contributed by atoms with Gasteiger partial charge in [0.05, 0.1) is 5.56 Å². The maximum Gasteiger partial charge on any atom is 0.260 e. The fraction of sp³-hybridized carbons (Fsp3) is 0. The van der Waals surface area contributed by atoms with E-state index in [1.54, 1.807) is 41.4 Å². The van der Waals surface area contributed by atoms with Crippen molar-refractivity contribution in [2.45, 2.75) is 0 Å². The maximum absolute atomic E-state index is 12.1. The largest absolute Gasteiger partial charge is 0.370 e. The molecule has 0 saturated heterocycles. The number of hydrogen-bond donors (Lipinski definition) is 3. The highest BCUT2D eigenvalue weighted by Gasteiger charge is 2.17. The van der Waals surface area contributed by atoms with E-state index in [9.17, 15) is 4.79 Å². The van der Waals surface area contributed by atoms with Crippen LogP contribution in [0, 0.1) is 5.41 Å². The maximum atomic E-state index is 12.1. The quantitative estimate of drug-likeness (QED) is 0.464. The molecule has 0 bridgehead atoms. The van der Waals surface area contributed by atoms with Gasteiger partial charge in [0.15, 0.2) is 5.96 Å². The van der Waals surface area contributed by atoms with Crippen LogP contribution in [0.25, 0.3) is 16.9 Å². The lowest BCUT2D eigenvalue weighted by molar-refractivity contribution is 0.0978. The molecule has 21 heavy (non-hydrogen) atoms. The molecule has 0 aliphatic rings. The summed E-state index contributed by atoms with van der Waals surface area (Å²) in [6, 6.07) is 5.22. The highest BCUT2D eigenvalue weighted by atomic mass is 16.1. The Hall–Kier alpha value is -3.29. The Labute approximate surface area is 119 Å². The lowest BCUT2D eigenvalue weighted by Crippen LogP contribution is -2.35. The van der Waals surface area contributed by atoms with Crippen molar-refractivity contribution in [1.82, 2.24) is 24.8 Å². The van der Waals surface area contributed by atoms with E-state index in [1.807, 2.05) is 0 Å². The number of hydrogen-bond acceptors (Lipinski definition) is 5. The van der Waals surface area contributed by atoms with Crippen molar-refractivity contribution in [2.24, 2.45) is 5.73 Å². The number of nitrogens with two attached hydrogens (primary N) is 1. The van der Waals surface area contributed by atoms with Crippen molar-refractivity contribution in [2.75, 3.05) is 0 Å². The number of pyridine rings is 1. The molecule has 3 rings (SSSR count). The van der Waals surface area contributed by atoms with Crippen LogP contribution in [0.1, 0.15) is 10.4 Å². The van der Waals surface area contributed by atoms with Crippen LogP contribution in [0.15, 0.2) is 43.1 Å². The minimum atomic E-state index is -0.465. The van der Waals surface area contributed by atoms with Crippen LogP contribution < -0.4 is 11.1 Å². The second kappa shape index (κ2) is 5.00. The van der Waals surface area contributed by atoms with Gasteiger partial charge in [-0.05, 0) is 18.2 Å². The number of carbonyl (C=O) groups excluding carboxylic acids is 1. The normalized spacial score (nSPS) is 10.5. The first kappa shape index (κ1) is 12.7. The van der Waals surface area contributed by atoms with E-state index in [1.165, 1.54) is 6.33 Å². The molecule has 104 valence electrons. The third-order valence-corrected chi connectivity index (χ3v) is 2.87. The molecular weight excluding hydrogens is 270 g/mol. The smallest absolute Gasteiger partial charge is 0.260 e. The van der Waals surface area contributed by atoms with Crippen molar-refractivity contribution < 1.29 is 4.79 Å². The molecule has 3 aromatic rings. The van der Waals surface area contributed by atoms with Gasteiger partial charge in [-0.1, -0.05) is 0 Å². The second-order valence-electron chi connectivity index (χ2n) is 4.22. The monoisotopic (exact) mass is 281 g/mol. The van der Waals surface area contributed by atoms with E-state index >= 15 is 0 Å². The summed E-state index contributed by atoms with van der Waals surface area (Å²) in [5.41, 5.74) is 6.16. The fourth-order valence-electron chi connectivity index (χ4n) is 2.03. The molecule has 1 amide bonds. The zero-order valence-corrected chi connectivity index (χ0v) is 10.8. The average molecular weight is 281 g/mol. The molecular formula is C13H11N7O. The molecule has 0 unspecified atom stereocenters. The number of carbonyl (C=O) groups is 1. The Bertz CT molecular complexity index is 825. The average Bonchev–Trinajstić information content (AvgIpc) is 2.87. The van der Waals surface area contributed by atoms with Gasteiger partial charge in [0.25, 0.3) is 5.91 Å². The van der Waals surface area contributed by atoms with E-state index < -0.39 is 11.9 Å². The molecule has 8 heteroatoms. The van der Waals surface area contributed by atoms with Crippen LogP contribution in [0.2, 0.25) is 0 Å². The Morgan fingerprint density at radius 2 is 2.14 bits per heavy atom. The van der Waals surface area contributed by atoms with Crippen LogP contribution in [-0.4, -0.2) is 31.4 Å². The van der Waals surface area contributed by atoms with E-state index in [0.29, 0.717) is 22.4 Å². The molecule has 4 N–H and O–H groups in total. The van der Waals surface area contributed by atoms with E-state index in [-0.39, 0.29) is 0 Å². The number of nitrogens with one attached hydrogen (secondary N) is 2. The van der Waals surface area contributed by atoms with E-state index in [2.05, 4.69) is 20.3 Å². The van der Waals surface area contributed by atoms with E-state index in [4.69, 9.17) is 11.1 Å². The summed E-state index contributed by atoms with van der Waals surface area (Å²) in [5, 5.41) is 10.1. The highest BCUT2D eigenvalue weighted by molar-refractivity contribution is 6.11. The van der Waals surface area contributed by atoms with Crippen LogP contribution >= 0.6 is 0 Å². The molecule has 0 aliphatic carbocycles. The first-order chi connectivity index (χ1) is 10.2. The summed E-state index contributed by atoms with van der Waals surface area (Å²) in [5.74, 6) is -0.282. The van der Waals surface area contributed by atoms with Crippen molar-refractivity contribution in [3.63, 3.8) is 0 Å². The number of fused-ring (bicyclic) bond motifs is 1. The number of nitrogens with zero attached hydrogens (tertiary/aromatic N) is 4. The van der Waals surface area contributed by atoms with Crippen LogP contribution in [-0.2, 0) is 0 Å². The predicted octanol–water partition coefficient (Wildman–Crippen LogP) is 0.439. The summed E-state index contributed by atoms with van der Waals surface area (Å²) in [6.45, 7) is 0. The van der Waals surface area contributed by atoms with Crippen LogP contribution in [0.3, 0.4) is 0 Å². The van der Waals surface area contributed by atoms with Gasteiger partial charge < -0.3 is 5.73 Å². The third kappa shape index (κ3) is 2.29. The molecule has 0 fully saturated rings. The molecule has 3 aromatic heterocycles. The molecule has 0 aromatic carbocycles. The third-order valence-electron chi connectivity index (χ3n) is 2.87. The summed E-state index contributed by atoms with van der Waals surface area (Å²) in [6.07, 6.45) is 6.26. The van der Waals surface area contributed by atoms with Crippen LogP contribution in [0.4, 0.5) is 0 Å². The fourth-order valence-corrected chi connectivity index (χ4v) is 2.03. The van der Waals surface area contributed by atoms with Gasteiger partial charge in [0.1, 0.15) is 17.8 Å². The number of rotatable bonds is 2. The molecule has 8 nitrogen and oxygen atoms in total. The summed E-state index contributed by atoms with van der Waals surface area (Å²) >= 11 is 0.